The van der Waals surface area contributed by atoms with Crippen molar-refractivity contribution in [1.29, 1.82) is 0 Å². The van der Waals surface area contributed by atoms with E-state index in [1.54, 1.807) is 30.7 Å². The molecular formula is C19H17N3O5. The number of nitrogens with zero attached hydrogens (tertiary/aromatic N) is 3. The van der Waals surface area contributed by atoms with Crippen LogP contribution < -0.4 is 0 Å². The van der Waals surface area contributed by atoms with Gasteiger partial charge in [0.2, 0.25) is 5.78 Å². The van der Waals surface area contributed by atoms with Crippen molar-refractivity contribution < 1.29 is 23.5 Å². The minimum absolute atomic E-state index is 0.0347. The van der Waals surface area contributed by atoms with E-state index >= 15 is 0 Å². The second-order valence-electron chi connectivity index (χ2n) is 6.14. The zero-order valence-corrected chi connectivity index (χ0v) is 14.3. The number of aryl methyl sites for hydroxylation is 1. The molecule has 138 valence electrons. The fourth-order valence-electron chi connectivity index (χ4n) is 3.24. The van der Waals surface area contributed by atoms with Crippen molar-refractivity contribution in [3.63, 3.8) is 0 Å². The Bertz CT molecular complexity index is 955. The second kappa shape index (κ2) is 6.99. The normalized spacial score (nSPS) is 17.1. The lowest BCUT2D eigenvalue weighted by Gasteiger charge is -2.24. The Balaban J connectivity index is 1.62. The lowest BCUT2D eigenvalue weighted by atomic mass is 9.99. The van der Waals surface area contributed by atoms with Crippen LogP contribution in [0.5, 0.6) is 0 Å². The van der Waals surface area contributed by atoms with Gasteiger partial charge in [-0.15, -0.1) is 0 Å². The van der Waals surface area contributed by atoms with Gasteiger partial charge in [0.15, 0.2) is 11.5 Å². The van der Waals surface area contributed by atoms with Gasteiger partial charge in [-0.1, -0.05) is 0 Å². The number of rotatable bonds is 7. The largest absolute Gasteiger partial charge is 0.503 e. The number of aliphatic hydroxyl groups is 1. The van der Waals surface area contributed by atoms with Crippen LogP contribution in [0.3, 0.4) is 0 Å². The lowest BCUT2D eigenvalue weighted by molar-refractivity contribution is -0.129. The van der Waals surface area contributed by atoms with Crippen LogP contribution in [0.1, 0.15) is 28.8 Å². The van der Waals surface area contributed by atoms with E-state index in [0.717, 1.165) is 0 Å². The number of Topliss-reactive ketones (excluding diaryl/α,β-unsaturated/α-hetero) is 1. The number of ketones is 1. The zero-order chi connectivity index (χ0) is 18.8. The summed E-state index contributed by atoms with van der Waals surface area (Å²) in [6.45, 7) is 0.984. The van der Waals surface area contributed by atoms with E-state index in [4.69, 9.17) is 8.83 Å². The summed E-state index contributed by atoms with van der Waals surface area (Å²) in [5.41, 5.74) is -0.0347. The van der Waals surface area contributed by atoms with Gasteiger partial charge < -0.3 is 23.4 Å². The molecule has 0 radical (unpaired) electrons. The van der Waals surface area contributed by atoms with Crippen molar-refractivity contribution in [2.24, 2.45) is 0 Å². The Hall–Kier alpha value is -3.55. The summed E-state index contributed by atoms with van der Waals surface area (Å²) in [5, 5.41) is 10.4. The molecule has 3 aromatic heterocycles. The highest BCUT2D eigenvalue weighted by Crippen LogP contribution is 2.39. The fourth-order valence-corrected chi connectivity index (χ4v) is 3.24. The Morgan fingerprint density at radius 1 is 1.19 bits per heavy atom. The molecule has 1 aliphatic rings. The van der Waals surface area contributed by atoms with Crippen LogP contribution >= 0.6 is 0 Å². The molecule has 4 rings (SSSR count). The van der Waals surface area contributed by atoms with E-state index in [-0.39, 0.29) is 11.3 Å². The molecule has 1 amide bonds. The van der Waals surface area contributed by atoms with Gasteiger partial charge in [-0.2, -0.15) is 0 Å². The smallest absolute Gasteiger partial charge is 0.290 e. The molecule has 1 unspecified atom stereocenters. The van der Waals surface area contributed by atoms with Crippen LogP contribution in [0.4, 0.5) is 0 Å². The zero-order valence-electron chi connectivity index (χ0n) is 14.3. The van der Waals surface area contributed by atoms with Gasteiger partial charge in [0, 0.05) is 25.5 Å². The number of hydrogen-bond acceptors (Lipinski definition) is 6. The number of furan rings is 2. The molecule has 8 nitrogen and oxygen atoms in total. The molecule has 0 aliphatic carbocycles. The first-order chi connectivity index (χ1) is 13.2. The first kappa shape index (κ1) is 16.9. The summed E-state index contributed by atoms with van der Waals surface area (Å²) in [5.74, 6) is -1.24. The van der Waals surface area contributed by atoms with Crippen LogP contribution in [-0.2, 0) is 11.3 Å². The third-order valence-corrected chi connectivity index (χ3v) is 4.48. The average molecular weight is 367 g/mol. The van der Waals surface area contributed by atoms with Gasteiger partial charge >= 0.3 is 0 Å². The number of carbonyl (C=O) groups is 2. The molecule has 1 atom stereocenters. The minimum atomic E-state index is -0.798. The quantitative estimate of drug-likeness (QED) is 0.644. The molecule has 0 fully saturated rings. The molecule has 0 spiro atoms. The molecule has 27 heavy (non-hydrogen) atoms. The summed E-state index contributed by atoms with van der Waals surface area (Å²) in [6.07, 6.45) is 8.66. The predicted molar refractivity (Wildman–Crippen MR) is 92.7 cm³/mol. The van der Waals surface area contributed by atoms with Gasteiger partial charge in [0.25, 0.3) is 5.91 Å². The minimum Gasteiger partial charge on any atom is -0.503 e. The maximum absolute atomic E-state index is 12.8. The molecule has 0 bridgehead atoms. The number of hydrogen-bond donors (Lipinski definition) is 1. The van der Waals surface area contributed by atoms with Gasteiger partial charge in [-0.3, -0.25) is 9.59 Å². The Morgan fingerprint density at radius 3 is 2.67 bits per heavy atom. The Morgan fingerprint density at radius 2 is 2.00 bits per heavy atom. The molecule has 3 aromatic rings. The molecule has 1 N–H and O–H groups in total. The molecule has 0 saturated heterocycles. The topological polar surface area (TPSA) is 102 Å². The lowest BCUT2D eigenvalue weighted by Crippen LogP contribution is -2.32. The summed E-state index contributed by atoms with van der Waals surface area (Å²) >= 11 is 0. The van der Waals surface area contributed by atoms with Crippen LogP contribution in [0.2, 0.25) is 0 Å². The van der Waals surface area contributed by atoms with Gasteiger partial charge in [-0.25, -0.2) is 4.98 Å². The van der Waals surface area contributed by atoms with E-state index in [0.29, 0.717) is 25.3 Å². The van der Waals surface area contributed by atoms with Crippen LogP contribution in [0, 0.1) is 0 Å². The highest BCUT2D eigenvalue weighted by Gasteiger charge is 2.45. The third kappa shape index (κ3) is 3.05. The van der Waals surface area contributed by atoms with Crippen molar-refractivity contribution in [3.8, 4) is 0 Å². The van der Waals surface area contributed by atoms with Crippen molar-refractivity contribution in [1.82, 2.24) is 14.5 Å². The Kier molecular flexibility index (Phi) is 4.37. The van der Waals surface area contributed by atoms with E-state index in [9.17, 15) is 14.7 Å². The van der Waals surface area contributed by atoms with E-state index < -0.39 is 23.5 Å². The number of amides is 1. The fraction of sp³-hybridized carbons (Fsp3) is 0.211. The first-order valence-corrected chi connectivity index (χ1v) is 8.48. The number of aliphatic hydroxyl groups excluding tert-OH is 1. The van der Waals surface area contributed by atoms with Crippen molar-refractivity contribution in [2.45, 2.75) is 19.0 Å². The highest BCUT2D eigenvalue weighted by atomic mass is 16.3. The van der Waals surface area contributed by atoms with Crippen LogP contribution in [0.15, 0.2) is 75.7 Å². The molecular weight excluding hydrogens is 350 g/mol. The average Bonchev–Trinajstić information content (AvgIpc) is 3.45. The molecule has 0 aromatic carbocycles. The van der Waals surface area contributed by atoms with Crippen LogP contribution in [0.25, 0.3) is 0 Å². The van der Waals surface area contributed by atoms with Gasteiger partial charge in [0.1, 0.15) is 11.8 Å². The molecule has 0 saturated carbocycles. The maximum Gasteiger partial charge on any atom is 0.290 e. The summed E-state index contributed by atoms with van der Waals surface area (Å²) in [7, 11) is 0. The summed E-state index contributed by atoms with van der Waals surface area (Å²) in [4.78, 5) is 30.9. The second-order valence-corrected chi connectivity index (χ2v) is 6.14. The van der Waals surface area contributed by atoms with Gasteiger partial charge in [-0.05, 0) is 30.7 Å². The van der Waals surface area contributed by atoms with Gasteiger partial charge in [0.05, 0.1) is 24.4 Å². The van der Waals surface area contributed by atoms with E-state index in [1.807, 2.05) is 10.8 Å². The summed E-state index contributed by atoms with van der Waals surface area (Å²) in [6, 6.07) is 5.62. The summed E-state index contributed by atoms with van der Waals surface area (Å²) < 4.78 is 12.5. The number of aromatic nitrogens is 2. The number of imidazole rings is 1. The van der Waals surface area contributed by atoms with Crippen molar-refractivity contribution >= 4 is 11.7 Å². The third-order valence-electron chi connectivity index (χ3n) is 4.48. The standard InChI is InChI=1S/C19H17N3O5/c23-17(14-5-2-11-27-14)15-16(13-4-1-10-26-13)22(19(25)18(15)24)8-3-7-21-9-6-20-12-21/h1-2,4-6,9-12,16,24H,3,7-8H2. The Labute approximate surface area is 154 Å². The van der Waals surface area contributed by atoms with E-state index in [1.165, 1.54) is 23.5 Å². The highest BCUT2D eigenvalue weighted by molar-refractivity contribution is 6.14. The molecule has 1 aliphatic heterocycles. The van der Waals surface area contributed by atoms with E-state index in [2.05, 4.69) is 4.98 Å². The molecule has 4 heterocycles. The monoisotopic (exact) mass is 367 g/mol. The van der Waals surface area contributed by atoms with Crippen molar-refractivity contribution in [3.05, 3.63) is 78.4 Å². The van der Waals surface area contributed by atoms with Crippen molar-refractivity contribution in [2.75, 3.05) is 6.54 Å². The van der Waals surface area contributed by atoms with Crippen LogP contribution in [-0.4, -0.2) is 37.8 Å². The maximum atomic E-state index is 12.8. The number of carbonyl (C=O) groups excluding carboxylic acids is 2. The molecule has 8 heteroatoms. The first-order valence-electron chi connectivity index (χ1n) is 8.48. The predicted octanol–water partition coefficient (Wildman–Crippen LogP) is 2.74. The SMILES string of the molecule is O=C(C1=C(O)C(=O)N(CCCn2ccnc2)C1c1ccco1)c1ccco1.